The number of phenols is 1. The van der Waals surface area contributed by atoms with Crippen molar-refractivity contribution >= 4 is 5.78 Å². The third-order valence-corrected chi connectivity index (χ3v) is 7.96. The van der Waals surface area contributed by atoms with E-state index in [1.807, 2.05) is 0 Å². The molecule has 41 heavy (non-hydrogen) atoms. The maximum absolute atomic E-state index is 13.9. The Kier molecular flexibility index (Phi) is 7.86. The van der Waals surface area contributed by atoms with E-state index in [1.165, 1.54) is 30.3 Å². The van der Waals surface area contributed by atoms with Gasteiger partial charge in [0.1, 0.15) is 72.0 Å². The van der Waals surface area contributed by atoms with E-state index in [0.29, 0.717) is 5.56 Å². The minimum absolute atomic E-state index is 0.193. The van der Waals surface area contributed by atoms with Crippen molar-refractivity contribution in [2.24, 2.45) is 0 Å². The molecule has 0 bridgehead atoms. The lowest BCUT2D eigenvalue weighted by Crippen LogP contribution is -2.65. The number of hydrogen-bond donors (Lipinski definition) is 10. The molecular weight excluding hydrogens is 548 g/mol. The number of phenolic OH excluding ortho intramolecular Hbond substituents is 1. The molecule has 0 unspecified atom stereocenters. The Bertz CT molecular complexity index is 1310. The van der Waals surface area contributed by atoms with Crippen LogP contribution in [0, 0.1) is 6.92 Å². The predicted octanol–water partition coefficient (Wildman–Crippen LogP) is -3.50. The third-order valence-electron chi connectivity index (χ3n) is 7.96. The van der Waals surface area contributed by atoms with E-state index in [1.54, 1.807) is 6.92 Å². The summed E-state index contributed by atoms with van der Waals surface area (Å²) in [5.74, 6) is -1.70. The van der Waals surface area contributed by atoms with Crippen LogP contribution in [0.15, 0.2) is 30.3 Å². The number of fused-ring (bicyclic) bond motifs is 2. The summed E-state index contributed by atoms with van der Waals surface area (Å²) in [7, 11) is 0. The number of aryl methyl sites for hydroxylation is 1. The van der Waals surface area contributed by atoms with Crippen molar-refractivity contribution in [1.29, 1.82) is 0 Å². The average Bonchev–Trinajstić information content (AvgIpc) is 2.94. The van der Waals surface area contributed by atoms with Crippen LogP contribution in [0.2, 0.25) is 0 Å². The molecule has 0 radical (unpaired) electrons. The minimum Gasteiger partial charge on any atom is -0.507 e. The van der Waals surface area contributed by atoms with Gasteiger partial charge in [-0.15, -0.1) is 0 Å². The lowest BCUT2D eigenvalue weighted by atomic mass is 9.68. The van der Waals surface area contributed by atoms with Crippen LogP contribution in [0.1, 0.15) is 32.6 Å². The number of aliphatic hydroxyl groups excluding tert-OH is 8. The maximum atomic E-state index is 13.9. The Morgan fingerprint density at radius 3 is 2.05 bits per heavy atom. The Balaban J connectivity index is 1.68. The molecule has 11 atom stereocenters. The summed E-state index contributed by atoms with van der Waals surface area (Å²) in [6.07, 6.45) is -17.1. The molecule has 2 aliphatic heterocycles. The first kappa shape index (κ1) is 29.8. The molecule has 10 N–H and O–H groups in total. The minimum atomic E-state index is -2.50. The monoisotopic (exact) mass is 580 g/mol. The van der Waals surface area contributed by atoms with E-state index in [0.717, 1.165) is 0 Å². The van der Waals surface area contributed by atoms with E-state index >= 15 is 0 Å². The summed E-state index contributed by atoms with van der Waals surface area (Å²) < 4.78 is 16.9. The Morgan fingerprint density at radius 1 is 0.805 bits per heavy atom. The number of aliphatic hydroxyl groups is 9. The zero-order chi connectivity index (χ0) is 30.0. The molecule has 14 heteroatoms. The average molecular weight is 581 g/mol. The smallest absolute Gasteiger partial charge is 0.229 e. The van der Waals surface area contributed by atoms with Crippen LogP contribution in [0.4, 0.5) is 0 Å². The number of carbonyl (C=O) groups is 1. The lowest BCUT2D eigenvalue weighted by molar-refractivity contribution is -0.277. The highest BCUT2D eigenvalue weighted by atomic mass is 16.7. The number of carbonyl (C=O) groups excluding carboxylic acids is 1. The van der Waals surface area contributed by atoms with E-state index < -0.39 is 97.1 Å². The van der Waals surface area contributed by atoms with Crippen molar-refractivity contribution < 1.29 is 70.1 Å². The van der Waals surface area contributed by atoms with Crippen LogP contribution < -0.4 is 4.74 Å². The van der Waals surface area contributed by atoms with Crippen molar-refractivity contribution in [3.63, 3.8) is 0 Å². The topological polar surface area (TPSA) is 247 Å². The molecule has 0 saturated carbocycles. The van der Waals surface area contributed by atoms with Crippen LogP contribution in [0.3, 0.4) is 0 Å². The largest absolute Gasteiger partial charge is 0.507 e. The molecule has 2 aromatic carbocycles. The molecule has 224 valence electrons. The second-order valence-electron chi connectivity index (χ2n) is 10.5. The predicted molar refractivity (Wildman–Crippen MR) is 134 cm³/mol. The van der Waals surface area contributed by atoms with E-state index in [9.17, 15) is 55.9 Å². The molecule has 2 fully saturated rings. The molecule has 2 aromatic rings. The zero-order valence-electron chi connectivity index (χ0n) is 21.7. The normalized spacial score (nSPS) is 38.7. The fourth-order valence-corrected chi connectivity index (χ4v) is 5.80. The molecule has 0 aromatic heterocycles. The van der Waals surface area contributed by atoms with Crippen LogP contribution in [0.25, 0.3) is 0 Å². The van der Waals surface area contributed by atoms with Crippen LogP contribution in [-0.4, -0.2) is 131 Å². The van der Waals surface area contributed by atoms with Gasteiger partial charge in [0.15, 0.2) is 0 Å². The van der Waals surface area contributed by atoms with Crippen molar-refractivity contribution in [3.8, 4) is 11.5 Å². The molecule has 3 aliphatic rings. The molecule has 5 rings (SSSR count). The van der Waals surface area contributed by atoms with Crippen LogP contribution >= 0.6 is 0 Å². The van der Waals surface area contributed by atoms with Crippen molar-refractivity contribution in [2.75, 3.05) is 13.2 Å². The number of aromatic hydroxyl groups is 1. The van der Waals surface area contributed by atoms with Gasteiger partial charge in [-0.2, -0.15) is 0 Å². The zero-order valence-corrected chi connectivity index (χ0v) is 21.7. The number of ketones is 1. The quantitative estimate of drug-likeness (QED) is 0.165. The SMILES string of the molecule is Cc1cc(O)c2c(c1)[C@@](O)([C@H]1O[C@H](CO)[C@@H](O)[C@@H](O)[C@@H]1O)c1cccc(O[C@H]3O[C@H](CO)[C@@H](O)[C@@H](O)[C@@H]3O)c1C2=O. The second kappa shape index (κ2) is 10.8. The van der Waals surface area contributed by atoms with Gasteiger partial charge in [-0.25, -0.2) is 0 Å². The lowest BCUT2D eigenvalue weighted by Gasteiger charge is -2.49. The molecule has 0 amide bonds. The summed E-state index contributed by atoms with van der Waals surface area (Å²) in [6, 6.07) is 6.55. The molecular formula is C27H32O14. The Labute approximate surface area is 232 Å². The van der Waals surface area contributed by atoms with Gasteiger partial charge >= 0.3 is 0 Å². The van der Waals surface area contributed by atoms with Gasteiger partial charge in [0, 0.05) is 11.1 Å². The van der Waals surface area contributed by atoms with Gasteiger partial charge in [0.25, 0.3) is 0 Å². The number of rotatable bonds is 5. The number of ether oxygens (including phenoxy) is 3. The number of benzene rings is 2. The highest BCUT2D eigenvalue weighted by molar-refractivity contribution is 6.16. The van der Waals surface area contributed by atoms with E-state index in [2.05, 4.69) is 0 Å². The number of hydrogen-bond acceptors (Lipinski definition) is 14. The van der Waals surface area contributed by atoms with Crippen LogP contribution in [-0.2, 0) is 15.1 Å². The molecule has 2 heterocycles. The fourth-order valence-electron chi connectivity index (χ4n) is 5.80. The van der Waals surface area contributed by atoms with E-state index in [4.69, 9.17) is 14.2 Å². The maximum Gasteiger partial charge on any atom is 0.229 e. The Hall–Kier alpha value is -2.73. The first-order valence-corrected chi connectivity index (χ1v) is 12.9. The highest BCUT2D eigenvalue weighted by Gasteiger charge is 2.58. The van der Waals surface area contributed by atoms with Gasteiger partial charge in [0.05, 0.1) is 24.3 Å². The van der Waals surface area contributed by atoms with Gasteiger partial charge in [-0.05, 0) is 24.6 Å². The van der Waals surface area contributed by atoms with Gasteiger partial charge in [0.2, 0.25) is 12.1 Å². The standard InChI is InChI=1S/C27H32O14/c1-9-5-11-16(12(30)6-9)20(33)17-10(27(11,38)25-23(36)21(34)18(31)14(7-28)39-25)3-2-4-13(17)40-26-24(37)22(35)19(32)15(8-29)41-26/h2-6,14-15,18-19,21-26,28-32,34-38H,7-8H2,1H3/t14-,15-,18-,19-,21-,22-,23+,24+,25+,26+,27-/m1/s1. The van der Waals surface area contributed by atoms with Crippen molar-refractivity contribution in [3.05, 3.63) is 58.1 Å². The second-order valence-corrected chi connectivity index (χ2v) is 10.5. The Morgan fingerprint density at radius 2 is 1.41 bits per heavy atom. The third kappa shape index (κ3) is 4.52. The first-order chi connectivity index (χ1) is 19.4. The molecule has 2 saturated heterocycles. The molecule has 14 nitrogen and oxygen atoms in total. The summed E-state index contributed by atoms with van der Waals surface area (Å²) >= 11 is 0. The molecule has 1 aliphatic carbocycles. The van der Waals surface area contributed by atoms with Gasteiger partial charge in [-0.3, -0.25) is 4.79 Å². The van der Waals surface area contributed by atoms with Crippen molar-refractivity contribution in [1.82, 2.24) is 0 Å². The van der Waals surface area contributed by atoms with Crippen molar-refractivity contribution in [2.45, 2.75) is 73.8 Å². The fraction of sp³-hybridized carbons (Fsp3) is 0.519. The first-order valence-electron chi connectivity index (χ1n) is 12.9. The summed E-state index contributed by atoms with van der Waals surface area (Å²) in [5, 5.41) is 105. The summed E-state index contributed by atoms with van der Waals surface area (Å²) in [4.78, 5) is 13.9. The highest BCUT2D eigenvalue weighted by Crippen LogP contribution is 2.50. The summed E-state index contributed by atoms with van der Waals surface area (Å²) in [5.41, 5.74) is -3.25. The van der Waals surface area contributed by atoms with Crippen LogP contribution in [0.5, 0.6) is 11.5 Å². The van der Waals surface area contributed by atoms with Gasteiger partial charge in [-0.1, -0.05) is 18.2 Å². The summed E-state index contributed by atoms with van der Waals surface area (Å²) in [6.45, 7) is 0.0376. The molecule has 0 spiro atoms. The van der Waals surface area contributed by atoms with E-state index in [-0.39, 0.29) is 22.4 Å². The van der Waals surface area contributed by atoms with Gasteiger partial charge < -0.3 is 65.3 Å².